The first kappa shape index (κ1) is 24.7. The van der Waals surface area contributed by atoms with Crippen molar-refractivity contribution in [3.8, 4) is 5.75 Å². The summed E-state index contributed by atoms with van der Waals surface area (Å²) in [5, 5.41) is 11.8. The first-order valence-corrected chi connectivity index (χ1v) is 11.6. The molecule has 0 bridgehead atoms. The van der Waals surface area contributed by atoms with Gasteiger partial charge in [0.1, 0.15) is 12.3 Å². The highest BCUT2D eigenvalue weighted by Gasteiger charge is 2.31. The van der Waals surface area contributed by atoms with E-state index in [2.05, 4.69) is 10.3 Å². The van der Waals surface area contributed by atoms with E-state index in [-0.39, 0.29) is 22.7 Å². The second kappa shape index (κ2) is 10.8. The molecule has 0 atom stereocenters. The van der Waals surface area contributed by atoms with Crippen molar-refractivity contribution in [3.05, 3.63) is 83.7 Å². The van der Waals surface area contributed by atoms with Gasteiger partial charge in [0, 0.05) is 6.20 Å². The molecule has 0 saturated carbocycles. The Kier molecular flexibility index (Phi) is 7.82. The zero-order chi connectivity index (χ0) is 24.7. The maximum atomic E-state index is 13.7. The average Bonchev–Trinajstić information content (AvgIpc) is 2.86. The van der Waals surface area contributed by atoms with Crippen LogP contribution in [0.3, 0.4) is 0 Å². The molecule has 0 aliphatic heterocycles. The third-order valence-electron chi connectivity index (χ3n) is 4.96. The molecule has 0 unspecified atom stereocenters. The minimum atomic E-state index is -4.30. The normalized spacial score (nSPS) is 10.9. The van der Waals surface area contributed by atoms with Crippen LogP contribution in [0.25, 0.3) is 0 Å². The molecular formula is C23H24N4O6S. The number of sulfonamides is 1. The lowest BCUT2D eigenvalue weighted by Crippen LogP contribution is -2.42. The molecule has 34 heavy (non-hydrogen) atoms. The van der Waals surface area contributed by atoms with Crippen LogP contribution in [0.1, 0.15) is 21.6 Å². The maximum Gasteiger partial charge on any atom is 0.276 e. The fourth-order valence-electron chi connectivity index (χ4n) is 3.27. The van der Waals surface area contributed by atoms with E-state index >= 15 is 0 Å². The van der Waals surface area contributed by atoms with Crippen LogP contribution in [0, 0.1) is 6.92 Å². The summed E-state index contributed by atoms with van der Waals surface area (Å²) in [5.74, 6) is -1.07. The van der Waals surface area contributed by atoms with Crippen molar-refractivity contribution >= 4 is 27.5 Å². The fourth-order valence-corrected chi connectivity index (χ4v) is 4.78. The van der Waals surface area contributed by atoms with E-state index in [9.17, 15) is 23.2 Å². The summed E-state index contributed by atoms with van der Waals surface area (Å²) in [5.41, 5.74) is 2.39. The summed E-state index contributed by atoms with van der Waals surface area (Å²) >= 11 is 0. The van der Waals surface area contributed by atoms with Gasteiger partial charge in [0.2, 0.25) is 5.91 Å². The number of rotatable bonds is 9. The van der Waals surface area contributed by atoms with Gasteiger partial charge in [-0.2, -0.15) is 0 Å². The molecule has 0 aliphatic rings. The van der Waals surface area contributed by atoms with Crippen LogP contribution < -0.4 is 19.8 Å². The van der Waals surface area contributed by atoms with E-state index < -0.39 is 28.4 Å². The van der Waals surface area contributed by atoms with E-state index in [0.717, 1.165) is 4.31 Å². The van der Waals surface area contributed by atoms with Gasteiger partial charge in [-0.1, -0.05) is 18.2 Å². The zero-order valence-electron chi connectivity index (χ0n) is 18.6. The van der Waals surface area contributed by atoms with Gasteiger partial charge in [-0.3, -0.25) is 24.1 Å². The second-order valence-corrected chi connectivity index (χ2v) is 9.06. The van der Waals surface area contributed by atoms with Crippen LogP contribution in [0.4, 0.5) is 5.69 Å². The van der Waals surface area contributed by atoms with Gasteiger partial charge in [0.05, 0.1) is 35.5 Å². The number of anilines is 1. The van der Waals surface area contributed by atoms with Crippen molar-refractivity contribution in [1.82, 2.24) is 15.8 Å². The Labute approximate surface area is 197 Å². The van der Waals surface area contributed by atoms with Crippen molar-refractivity contribution in [1.29, 1.82) is 0 Å². The number of benzene rings is 2. The number of aryl methyl sites for hydroxylation is 1. The topological polar surface area (TPSA) is 138 Å². The summed E-state index contributed by atoms with van der Waals surface area (Å²) in [6.45, 7) is 1.08. The Morgan fingerprint density at radius 3 is 2.41 bits per heavy atom. The molecule has 2 aromatic carbocycles. The minimum absolute atomic E-state index is 0.0298. The third-order valence-corrected chi connectivity index (χ3v) is 6.72. The Balaban J connectivity index is 2.03. The van der Waals surface area contributed by atoms with Crippen LogP contribution in [0.2, 0.25) is 0 Å². The lowest BCUT2D eigenvalue weighted by Gasteiger charge is -2.27. The van der Waals surface area contributed by atoms with Crippen LogP contribution in [-0.2, 0) is 21.4 Å². The number of ether oxygens (including phenoxy) is 1. The van der Waals surface area contributed by atoms with Gasteiger partial charge >= 0.3 is 0 Å². The second-order valence-electron chi connectivity index (χ2n) is 7.20. The Morgan fingerprint density at radius 2 is 1.79 bits per heavy atom. The van der Waals surface area contributed by atoms with E-state index in [1.165, 1.54) is 42.9 Å². The number of hydroxylamine groups is 1. The zero-order valence-corrected chi connectivity index (χ0v) is 19.4. The fraction of sp³-hybridized carbons (Fsp3) is 0.174. The number of carbonyl (C=O) groups is 2. The van der Waals surface area contributed by atoms with Gasteiger partial charge < -0.3 is 10.1 Å². The number of aromatic nitrogens is 1. The number of carbonyl (C=O) groups excluding carboxylic acids is 2. The van der Waals surface area contributed by atoms with Gasteiger partial charge in [-0.05, 0) is 55.0 Å². The molecular weight excluding hydrogens is 460 g/mol. The average molecular weight is 485 g/mol. The van der Waals surface area contributed by atoms with Crippen molar-refractivity contribution in [3.63, 3.8) is 0 Å². The summed E-state index contributed by atoms with van der Waals surface area (Å²) in [6, 6.07) is 15.4. The Hall–Kier alpha value is -3.96. The van der Waals surface area contributed by atoms with E-state index in [4.69, 9.17) is 4.74 Å². The molecule has 0 aliphatic carbocycles. The highest BCUT2D eigenvalue weighted by atomic mass is 32.2. The molecule has 0 fully saturated rings. The minimum Gasteiger partial charge on any atom is -0.497 e. The summed E-state index contributed by atoms with van der Waals surface area (Å²) < 4.78 is 33.3. The van der Waals surface area contributed by atoms with Crippen LogP contribution in [0.15, 0.2) is 71.8 Å². The molecule has 3 aromatic rings. The Bertz CT molecular complexity index is 1260. The molecule has 0 spiro atoms. The molecule has 0 saturated heterocycles. The summed E-state index contributed by atoms with van der Waals surface area (Å²) in [7, 11) is -2.85. The lowest BCUT2D eigenvalue weighted by molar-refractivity contribution is -0.119. The number of hydrogen-bond acceptors (Lipinski definition) is 7. The van der Waals surface area contributed by atoms with Crippen molar-refractivity contribution in [2.45, 2.75) is 18.4 Å². The summed E-state index contributed by atoms with van der Waals surface area (Å²) in [4.78, 5) is 29.2. The molecule has 10 nitrogen and oxygen atoms in total. The van der Waals surface area contributed by atoms with Crippen LogP contribution in [-0.4, -0.2) is 44.1 Å². The number of nitrogens with zero attached hydrogens (tertiary/aromatic N) is 2. The molecule has 2 amide bonds. The molecule has 11 heteroatoms. The molecule has 178 valence electrons. The smallest absolute Gasteiger partial charge is 0.276 e. The third kappa shape index (κ3) is 5.50. The van der Waals surface area contributed by atoms with Crippen molar-refractivity contribution in [2.24, 2.45) is 0 Å². The molecule has 1 heterocycles. The standard InChI is InChI=1S/C23H24N4O6S/c1-16-6-5-8-20(23(29)26-30)22(16)27(15-21(28)25-14-17-7-3-4-13-24-17)34(31,32)19-11-9-18(33-2)10-12-19/h3-13,30H,14-15H2,1-2H3,(H,25,28)(H,26,29). The highest BCUT2D eigenvalue weighted by molar-refractivity contribution is 7.92. The predicted octanol–water partition coefficient (Wildman–Crippen LogP) is 2.03. The number of nitrogens with one attached hydrogen (secondary N) is 2. The van der Waals surface area contributed by atoms with Gasteiger partial charge in [0.15, 0.2) is 0 Å². The number of para-hydroxylation sites is 1. The largest absolute Gasteiger partial charge is 0.497 e. The van der Waals surface area contributed by atoms with Gasteiger partial charge in [0.25, 0.3) is 15.9 Å². The van der Waals surface area contributed by atoms with E-state index in [1.807, 2.05) is 0 Å². The molecule has 3 N–H and O–H groups in total. The molecule has 3 rings (SSSR count). The van der Waals surface area contributed by atoms with Gasteiger partial charge in [-0.25, -0.2) is 13.9 Å². The number of hydrogen-bond donors (Lipinski definition) is 3. The number of pyridine rings is 1. The van der Waals surface area contributed by atoms with E-state index in [0.29, 0.717) is 17.0 Å². The molecule has 1 aromatic heterocycles. The SMILES string of the molecule is COc1ccc(S(=O)(=O)N(CC(=O)NCc2ccccn2)c2c(C)cccc2C(=O)NO)cc1. The summed E-state index contributed by atoms with van der Waals surface area (Å²) in [6.07, 6.45) is 1.58. The monoisotopic (exact) mass is 484 g/mol. The van der Waals surface area contributed by atoms with Crippen LogP contribution >= 0.6 is 0 Å². The number of methoxy groups -OCH3 is 1. The van der Waals surface area contributed by atoms with Crippen LogP contribution in [0.5, 0.6) is 5.75 Å². The molecule has 0 radical (unpaired) electrons. The number of amides is 2. The van der Waals surface area contributed by atoms with Crippen molar-refractivity contribution < 1.29 is 28.0 Å². The Morgan fingerprint density at radius 1 is 1.06 bits per heavy atom. The predicted molar refractivity (Wildman–Crippen MR) is 124 cm³/mol. The first-order valence-electron chi connectivity index (χ1n) is 10.2. The lowest BCUT2D eigenvalue weighted by atomic mass is 10.1. The van der Waals surface area contributed by atoms with Gasteiger partial charge in [-0.15, -0.1) is 0 Å². The maximum absolute atomic E-state index is 13.7. The highest BCUT2D eigenvalue weighted by Crippen LogP contribution is 2.31. The first-order chi connectivity index (χ1) is 16.3. The van der Waals surface area contributed by atoms with Crippen molar-refractivity contribution in [2.75, 3.05) is 18.0 Å². The quantitative estimate of drug-likeness (QED) is 0.312. The van der Waals surface area contributed by atoms with E-state index in [1.54, 1.807) is 43.5 Å².